The Balaban J connectivity index is 1.67. The van der Waals surface area contributed by atoms with Gasteiger partial charge in [0.15, 0.2) is 0 Å². The number of hydrogen-bond acceptors (Lipinski definition) is 3. The molecule has 3 rings (SSSR count). The van der Waals surface area contributed by atoms with Crippen LogP contribution in [0.3, 0.4) is 0 Å². The van der Waals surface area contributed by atoms with Gasteiger partial charge < -0.3 is 10.1 Å². The van der Waals surface area contributed by atoms with Crippen molar-refractivity contribution in [2.24, 2.45) is 10.9 Å². The minimum absolute atomic E-state index is 0.174. The minimum Gasteiger partial charge on any atom is -0.490 e. The van der Waals surface area contributed by atoms with Gasteiger partial charge in [-0.1, -0.05) is 5.57 Å². The first-order valence-electron chi connectivity index (χ1n) is 8.79. The molecule has 132 valence electrons. The maximum atomic E-state index is 12.5. The van der Waals surface area contributed by atoms with Gasteiger partial charge in [0.05, 0.1) is 12.0 Å². The van der Waals surface area contributed by atoms with E-state index in [2.05, 4.69) is 17.2 Å². The van der Waals surface area contributed by atoms with Gasteiger partial charge in [-0.25, -0.2) is 4.99 Å². The van der Waals surface area contributed by atoms with Gasteiger partial charge >= 0.3 is 0 Å². The maximum Gasteiger partial charge on any atom is 0.254 e. The van der Waals surface area contributed by atoms with Crippen LogP contribution < -0.4 is 10.1 Å². The van der Waals surface area contributed by atoms with Crippen molar-refractivity contribution in [2.75, 3.05) is 6.54 Å². The number of carbonyl (C=O) groups excluding carboxylic acids is 2. The molecule has 1 aromatic carbocycles. The number of fused-ring (bicyclic) bond motifs is 1. The predicted octanol–water partition coefficient (Wildman–Crippen LogP) is 3.08. The van der Waals surface area contributed by atoms with Gasteiger partial charge in [-0.15, -0.1) is 0 Å². The first kappa shape index (κ1) is 17.4. The highest BCUT2D eigenvalue weighted by molar-refractivity contribution is 6.06. The fourth-order valence-corrected chi connectivity index (χ4v) is 3.34. The molecular weight excluding hydrogens is 316 g/mol. The smallest absolute Gasteiger partial charge is 0.254 e. The second-order valence-corrected chi connectivity index (χ2v) is 6.89. The molecule has 0 spiro atoms. The van der Waals surface area contributed by atoms with Crippen molar-refractivity contribution in [3.05, 3.63) is 41.0 Å². The number of nitrogens with one attached hydrogen (secondary N) is 1. The summed E-state index contributed by atoms with van der Waals surface area (Å²) in [4.78, 5) is 28.5. The third-order valence-corrected chi connectivity index (χ3v) is 4.75. The largest absolute Gasteiger partial charge is 0.490 e. The van der Waals surface area contributed by atoms with Gasteiger partial charge in [0.2, 0.25) is 0 Å². The summed E-state index contributed by atoms with van der Waals surface area (Å²) in [7, 11) is 0. The van der Waals surface area contributed by atoms with E-state index in [-0.39, 0.29) is 30.4 Å². The van der Waals surface area contributed by atoms with Crippen molar-refractivity contribution in [3.63, 3.8) is 0 Å². The van der Waals surface area contributed by atoms with Crippen LogP contribution in [0.5, 0.6) is 5.75 Å². The van der Waals surface area contributed by atoms with Gasteiger partial charge in [0.25, 0.3) is 11.8 Å². The van der Waals surface area contributed by atoms with Gasteiger partial charge in [0.1, 0.15) is 5.75 Å². The number of ether oxygens (including phenoxy) is 1. The zero-order chi connectivity index (χ0) is 18.0. The fraction of sp³-hybridized carbons (Fsp3) is 0.450. The first-order chi connectivity index (χ1) is 11.9. The minimum atomic E-state index is -0.377. The lowest BCUT2D eigenvalue weighted by Gasteiger charge is -2.19. The number of hydrogen-bond donors (Lipinski definition) is 1. The van der Waals surface area contributed by atoms with Crippen LogP contribution in [0.15, 0.2) is 34.8 Å². The summed E-state index contributed by atoms with van der Waals surface area (Å²) >= 11 is 0. The van der Waals surface area contributed by atoms with Crippen molar-refractivity contribution in [1.82, 2.24) is 5.32 Å². The van der Waals surface area contributed by atoms with Gasteiger partial charge in [-0.2, -0.15) is 0 Å². The monoisotopic (exact) mass is 340 g/mol. The molecule has 0 saturated heterocycles. The number of carbonyl (C=O) groups is 2. The molecule has 0 aliphatic carbocycles. The van der Waals surface area contributed by atoms with Crippen LogP contribution in [0.4, 0.5) is 0 Å². The number of rotatable bonds is 3. The Labute approximate surface area is 148 Å². The zero-order valence-corrected chi connectivity index (χ0v) is 15.0. The lowest BCUT2D eigenvalue weighted by molar-refractivity contribution is -0.120. The standard InChI is InChI=1S/C20H24N2O3/c1-12-9-13(2)22-20(24)17(12)11-21-19(23)16-7-8-18-15(10-16)6-4-5-14(3)25-18/h7-10,14,17H,4-6,11H2,1-3H3,(H,21,23). The number of allylic oxidation sites excluding steroid dienone is 1. The molecule has 5 nitrogen and oxygen atoms in total. The first-order valence-corrected chi connectivity index (χ1v) is 8.79. The molecule has 2 aliphatic rings. The van der Waals surface area contributed by atoms with Crippen LogP contribution in [0.25, 0.3) is 0 Å². The SMILES string of the molecule is CC1=CC(C)=NC(=O)C1CNC(=O)c1ccc2c(c1)CCCC(C)O2. The summed E-state index contributed by atoms with van der Waals surface area (Å²) in [6, 6.07) is 5.55. The second kappa shape index (κ2) is 7.21. The third-order valence-electron chi connectivity index (χ3n) is 4.75. The molecule has 2 atom stereocenters. The maximum absolute atomic E-state index is 12.5. The van der Waals surface area contributed by atoms with Crippen molar-refractivity contribution < 1.29 is 14.3 Å². The lowest BCUT2D eigenvalue weighted by Crippen LogP contribution is -2.34. The molecule has 0 fully saturated rings. The van der Waals surface area contributed by atoms with E-state index < -0.39 is 0 Å². The molecule has 2 unspecified atom stereocenters. The van der Waals surface area contributed by atoms with E-state index in [9.17, 15) is 9.59 Å². The average molecular weight is 340 g/mol. The lowest BCUT2D eigenvalue weighted by atomic mass is 9.95. The number of amides is 2. The highest BCUT2D eigenvalue weighted by Crippen LogP contribution is 2.27. The molecule has 0 saturated carbocycles. The van der Waals surface area contributed by atoms with E-state index in [0.717, 1.165) is 36.1 Å². The van der Waals surface area contributed by atoms with Crippen molar-refractivity contribution in [1.29, 1.82) is 0 Å². The number of aliphatic imine (C=N–C) groups is 1. The number of nitrogens with zero attached hydrogens (tertiary/aromatic N) is 1. The van der Waals surface area contributed by atoms with E-state index in [4.69, 9.17) is 4.74 Å². The Kier molecular flexibility index (Phi) is 5.02. The van der Waals surface area contributed by atoms with E-state index in [1.807, 2.05) is 25.1 Å². The molecule has 5 heteroatoms. The highest BCUT2D eigenvalue weighted by Gasteiger charge is 2.24. The third kappa shape index (κ3) is 3.98. The van der Waals surface area contributed by atoms with E-state index >= 15 is 0 Å². The Morgan fingerprint density at radius 1 is 1.36 bits per heavy atom. The van der Waals surface area contributed by atoms with Crippen LogP contribution in [0, 0.1) is 5.92 Å². The van der Waals surface area contributed by atoms with Gasteiger partial charge in [0, 0.05) is 17.8 Å². The number of dihydropyridines is 1. The summed E-state index contributed by atoms with van der Waals surface area (Å²) in [5.41, 5.74) is 3.32. The van der Waals surface area contributed by atoms with Crippen molar-refractivity contribution in [2.45, 2.75) is 46.1 Å². The van der Waals surface area contributed by atoms with Crippen LogP contribution >= 0.6 is 0 Å². The summed E-state index contributed by atoms with van der Waals surface area (Å²) in [5, 5.41) is 2.86. The van der Waals surface area contributed by atoms with Gasteiger partial charge in [-0.3, -0.25) is 9.59 Å². The molecule has 0 bridgehead atoms. The van der Waals surface area contributed by atoms with Crippen LogP contribution in [-0.4, -0.2) is 30.2 Å². The van der Waals surface area contributed by atoms with Gasteiger partial charge in [-0.05, 0) is 69.9 Å². The Morgan fingerprint density at radius 3 is 2.92 bits per heavy atom. The quantitative estimate of drug-likeness (QED) is 0.919. The molecular formula is C20H24N2O3. The van der Waals surface area contributed by atoms with Crippen molar-refractivity contribution in [3.8, 4) is 5.75 Å². The van der Waals surface area contributed by atoms with E-state index in [1.165, 1.54) is 0 Å². The average Bonchev–Trinajstić information content (AvgIpc) is 2.73. The number of aryl methyl sites for hydroxylation is 1. The molecule has 2 heterocycles. The molecule has 0 aromatic heterocycles. The van der Waals surface area contributed by atoms with E-state index in [1.54, 1.807) is 13.0 Å². The Morgan fingerprint density at radius 2 is 2.16 bits per heavy atom. The molecule has 1 N–H and O–H groups in total. The zero-order valence-electron chi connectivity index (χ0n) is 15.0. The fourth-order valence-electron chi connectivity index (χ4n) is 3.34. The molecule has 1 aromatic rings. The van der Waals surface area contributed by atoms with Crippen LogP contribution in [0.1, 0.15) is 49.5 Å². The molecule has 2 aliphatic heterocycles. The second-order valence-electron chi connectivity index (χ2n) is 6.89. The summed E-state index contributed by atoms with van der Waals surface area (Å²) < 4.78 is 5.89. The predicted molar refractivity (Wildman–Crippen MR) is 97.2 cm³/mol. The molecule has 25 heavy (non-hydrogen) atoms. The molecule has 0 radical (unpaired) electrons. The number of benzene rings is 1. The Hall–Kier alpha value is -2.43. The summed E-state index contributed by atoms with van der Waals surface area (Å²) in [6.45, 7) is 6.03. The normalized spacial score (nSPS) is 22.9. The summed E-state index contributed by atoms with van der Waals surface area (Å²) in [5.74, 6) is 0.124. The topological polar surface area (TPSA) is 67.8 Å². The van der Waals surface area contributed by atoms with Crippen molar-refractivity contribution >= 4 is 17.5 Å². The summed E-state index contributed by atoms with van der Waals surface area (Å²) in [6.07, 6.45) is 5.08. The van der Waals surface area contributed by atoms with E-state index in [0.29, 0.717) is 11.3 Å². The Bertz CT molecular complexity index is 764. The molecule has 2 amide bonds. The van der Waals surface area contributed by atoms with Crippen LogP contribution in [0.2, 0.25) is 0 Å². The highest BCUT2D eigenvalue weighted by atomic mass is 16.5. The van der Waals surface area contributed by atoms with Crippen LogP contribution in [-0.2, 0) is 11.2 Å².